The minimum atomic E-state index is -0.434. The van der Waals surface area contributed by atoms with E-state index in [2.05, 4.69) is 16.0 Å². The number of nitrogens with one attached hydrogen (secondary N) is 3. The second-order valence-electron chi connectivity index (χ2n) is 8.51. The lowest BCUT2D eigenvalue weighted by Crippen LogP contribution is -2.30. The summed E-state index contributed by atoms with van der Waals surface area (Å²) in [5.74, 6) is -0.629. The van der Waals surface area contributed by atoms with Crippen LogP contribution in [-0.2, 0) is 9.59 Å². The third-order valence-electron chi connectivity index (χ3n) is 5.63. The summed E-state index contributed by atoms with van der Waals surface area (Å²) in [6.07, 6.45) is 1.65. The average molecular weight is 542 g/mol. The molecule has 3 aromatic carbocycles. The molecule has 0 saturated carbocycles. The summed E-state index contributed by atoms with van der Waals surface area (Å²) < 4.78 is 0. The predicted molar refractivity (Wildman–Crippen MR) is 157 cm³/mol. The van der Waals surface area contributed by atoms with Crippen LogP contribution >= 0.6 is 23.1 Å². The van der Waals surface area contributed by atoms with Gasteiger partial charge in [-0.2, -0.15) is 0 Å². The summed E-state index contributed by atoms with van der Waals surface area (Å²) in [6.45, 7) is 4.04. The monoisotopic (exact) mass is 541 g/mol. The van der Waals surface area contributed by atoms with Crippen LogP contribution in [0.4, 0.5) is 11.4 Å². The van der Waals surface area contributed by atoms with Gasteiger partial charge in [0.2, 0.25) is 5.91 Å². The molecule has 0 unspecified atom stereocenters. The van der Waals surface area contributed by atoms with Crippen molar-refractivity contribution < 1.29 is 14.4 Å². The van der Waals surface area contributed by atoms with Crippen LogP contribution in [0.25, 0.3) is 6.08 Å². The first-order valence-electron chi connectivity index (χ1n) is 11.9. The Hall–Kier alpha value is -4.14. The average Bonchev–Trinajstić information content (AvgIpc) is 3.44. The highest BCUT2D eigenvalue weighted by atomic mass is 32.2. The van der Waals surface area contributed by atoms with Crippen LogP contribution in [0.15, 0.2) is 101 Å². The fourth-order valence-electron chi connectivity index (χ4n) is 3.46. The molecule has 38 heavy (non-hydrogen) atoms. The fourth-order valence-corrected chi connectivity index (χ4v) is 4.81. The van der Waals surface area contributed by atoms with Gasteiger partial charge in [-0.3, -0.25) is 14.4 Å². The Balaban J connectivity index is 1.36. The van der Waals surface area contributed by atoms with E-state index in [0.29, 0.717) is 11.3 Å². The summed E-state index contributed by atoms with van der Waals surface area (Å²) in [5, 5.41) is 10.4. The molecular formula is C30H27N3O3S2. The van der Waals surface area contributed by atoms with E-state index in [1.165, 1.54) is 28.7 Å². The number of carbonyl (C=O) groups is 3. The molecule has 0 radical (unpaired) electrons. The standard InChI is InChI=1S/C30H27N3O3S2/c1-20-10-11-24(17-21(20)2)31-28(34)19-38-25-14-12-23(13-15-25)32-30(36)27(18-26-9-6-16-37-26)33-29(35)22-7-4-3-5-8-22/h3-18H,19H2,1-2H3,(H,31,34)(H,32,36)(H,33,35)/b27-18-. The lowest BCUT2D eigenvalue weighted by atomic mass is 10.1. The van der Waals surface area contributed by atoms with E-state index in [9.17, 15) is 14.4 Å². The predicted octanol–water partition coefficient (Wildman–Crippen LogP) is 6.51. The topological polar surface area (TPSA) is 87.3 Å². The Morgan fingerprint density at radius 2 is 1.55 bits per heavy atom. The molecule has 192 valence electrons. The van der Waals surface area contributed by atoms with Crippen LogP contribution in [0.3, 0.4) is 0 Å². The van der Waals surface area contributed by atoms with Gasteiger partial charge in [0, 0.05) is 26.7 Å². The van der Waals surface area contributed by atoms with E-state index < -0.39 is 5.91 Å². The number of amides is 3. The molecule has 8 heteroatoms. The smallest absolute Gasteiger partial charge is 0.272 e. The molecule has 1 heterocycles. The Labute approximate surface area is 230 Å². The first-order chi connectivity index (χ1) is 18.4. The normalized spacial score (nSPS) is 11.1. The number of thiophene rings is 1. The van der Waals surface area contributed by atoms with Crippen molar-refractivity contribution >= 4 is 58.3 Å². The summed E-state index contributed by atoms with van der Waals surface area (Å²) in [4.78, 5) is 39.9. The molecule has 3 N–H and O–H groups in total. The van der Waals surface area contributed by atoms with Crippen LogP contribution in [0.2, 0.25) is 0 Å². The highest BCUT2D eigenvalue weighted by molar-refractivity contribution is 8.00. The maximum atomic E-state index is 13.1. The van der Waals surface area contributed by atoms with Gasteiger partial charge in [-0.05, 0) is 91.0 Å². The first-order valence-corrected chi connectivity index (χ1v) is 13.8. The van der Waals surface area contributed by atoms with Gasteiger partial charge in [0.05, 0.1) is 5.75 Å². The van der Waals surface area contributed by atoms with Gasteiger partial charge >= 0.3 is 0 Å². The minimum Gasteiger partial charge on any atom is -0.325 e. The molecule has 0 aliphatic carbocycles. The second-order valence-corrected chi connectivity index (χ2v) is 10.5. The Morgan fingerprint density at radius 1 is 0.816 bits per heavy atom. The van der Waals surface area contributed by atoms with Crippen LogP contribution in [0, 0.1) is 13.8 Å². The Morgan fingerprint density at radius 3 is 2.24 bits per heavy atom. The van der Waals surface area contributed by atoms with Gasteiger partial charge in [-0.1, -0.05) is 30.3 Å². The third kappa shape index (κ3) is 7.68. The van der Waals surface area contributed by atoms with Gasteiger partial charge in [-0.15, -0.1) is 23.1 Å². The zero-order chi connectivity index (χ0) is 26.9. The number of hydrogen-bond donors (Lipinski definition) is 3. The molecule has 3 amide bonds. The van der Waals surface area contributed by atoms with Gasteiger partial charge < -0.3 is 16.0 Å². The van der Waals surface area contributed by atoms with E-state index in [4.69, 9.17) is 0 Å². The van der Waals surface area contributed by atoms with E-state index in [1.54, 1.807) is 42.5 Å². The maximum Gasteiger partial charge on any atom is 0.272 e. The molecule has 4 rings (SSSR count). The first kappa shape index (κ1) is 26.9. The zero-order valence-corrected chi connectivity index (χ0v) is 22.6. The van der Waals surface area contributed by atoms with Crippen molar-refractivity contribution in [3.05, 3.63) is 118 Å². The Bertz CT molecular complexity index is 1450. The van der Waals surface area contributed by atoms with E-state index >= 15 is 0 Å². The van der Waals surface area contributed by atoms with Gasteiger partial charge in [-0.25, -0.2) is 0 Å². The number of carbonyl (C=O) groups excluding carboxylic acids is 3. The molecule has 0 aliphatic heterocycles. The van der Waals surface area contributed by atoms with Crippen LogP contribution in [-0.4, -0.2) is 23.5 Å². The highest BCUT2D eigenvalue weighted by Gasteiger charge is 2.15. The lowest BCUT2D eigenvalue weighted by Gasteiger charge is -2.11. The summed E-state index contributed by atoms with van der Waals surface area (Å²) in [5.41, 5.74) is 4.26. The Kier molecular flexibility index (Phi) is 9.13. The van der Waals surface area contributed by atoms with Crippen LogP contribution < -0.4 is 16.0 Å². The lowest BCUT2D eigenvalue weighted by molar-refractivity contribution is -0.114. The van der Waals surface area contributed by atoms with E-state index in [-0.39, 0.29) is 23.3 Å². The molecule has 0 fully saturated rings. The molecular weight excluding hydrogens is 514 g/mol. The van der Waals surface area contributed by atoms with Crippen LogP contribution in [0.5, 0.6) is 0 Å². The molecule has 1 aromatic heterocycles. The van der Waals surface area contributed by atoms with Crippen molar-refractivity contribution in [2.75, 3.05) is 16.4 Å². The fraction of sp³-hybridized carbons (Fsp3) is 0.100. The van der Waals surface area contributed by atoms with Crippen molar-refractivity contribution in [3.63, 3.8) is 0 Å². The molecule has 0 aliphatic rings. The molecule has 0 saturated heterocycles. The van der Waals surface area contributed by atoms with Gasteiger partial charge in [0.1, 0.15) is 5.70 Å². The summed E-state index contributed by atoms with van der Waals surface area (Å²) >= 11 is 2.87. The number of rotatable bonds is 9. The van der Waals surface area contributed by atoms with Crippen molar-refractivity contribution in [2.45, 2.75) is 18.7 Å². The second kappa shape index (κ2) is 12.9. The number of hydrogen-bond acceptors (Lipinski definition) is 5. The number of thioether (sulfide) groups is 1. The quantitative estimate of drug-likeness (QED) is 0.167. The highest BCUT2D eigenvalue weighted by Crippen LogP contribution is 2.22. The summed E-state index contributed by atoms with van der Waals surface area (Å²) in [7, 11) is 0. The third-order valence-corrected chi connectivity index (χ3v) is 7.46. The van der Waals surface area contributed by atoms with Gasteiger partial charge in [0.25, 0.3) is 11.8 Å². The van der Waals surface area contributed by atoms with Gasteiger partial charge in [0.15, 0.2) is 0 Å². The minimum absolute atomic E-state index is 0.0897. The van der Waals surface area contributed by atoms with E-state index in [0.717, 1.165) is 21.0 Å². The maximum absolute atomic E-state index is 13.1. The van der Waals surface area contributed by atoms with Crippen molar-refractivity contribution in [2.24, 2.45) is 0 Å². The van der Waals surface area contributed by atoms with Crippen molar-refractivity contribution in [1.29, 1.82) is 0 Å². The zero-order valence-electron chi connectivity index (χ0n) is 21.0. The molecule has 0 bridgehead atoms. The van der Waals surface area contributed by atoms with E-state index in [1.807, 2.05) is 67.8 Å². The summed E-state index contributed by atoms with van der Waals surface area (Å²) in [6, 6.07) is 25.5. The number of benzene rings is 3. The molecule has 4 aromatic rings. The number of aryl methyl sites for hydroxylation is 2. The number of anilines is 2. The SMILES string of the molecule is Cc1ccc(NC(=O)CSc2ccc(NC(=O)/C(=C/c3cccs3)NC(=O)c3ccccc3)cc2)cc1C. The largest absolute Gasteiger partial charge is 0.325 e. The van der Waals surface area contributed by atoms with Crippen LogP contribution in [0.1, 0.15) is 26.4 Å². The molecule has 0 atom stereocenters. The molecule has 0 spiro atoms. The van der Waals surface area contributed by atoms with Crippen molar-refractivity contribution in [3.8, 4) is 0 Å². The van der Waals surface area contributed by atoms with Crippen molar-refractivity contribution in [1.82, 2.24) is 5.32 Å². The molecule has 6 nitrogen and oxygen atoms in total.